The lowest BCUT2D eigenvalue weighted by Crippen LogP contribution is -2.25. The van der Waals surface area contributed by atoms with Crippen LogP contribution in [0.4, 0.5) is 0 Å². The summed E-state index contributed by atoms with van der Waals surface area (Å²) in [5.41, 5.74) is 5.64. The molecule has 1 fully saturated rings. The summed E-state index contributed by atoms with van der Waals surface area (Å²) >= 11 is 0. The van der Waals surface area contributed by atoms with Crippen LogP contribution in [0.25, 0.3) is 0 Å². The molecule has 1 aliphatic carbocycles. The minimum absolute atomic E-state index is 0.192. The van der Waals surface area contributed by atoms with E-state index < -0.39 is 0 Å². The van der Waals surface area contributed by atoms with Crippen LogP contribution in [0.5, 0.6) is 0 Å². The van der Waals surface area contributed by atoms with Crippen LogP contribution in [-0.2, 0) is 4.79 Å². The zero-order valence-corrected chi connectivity index (χ0v) is 11.2. The highest BCUT2D eigenvalue weighted by Crippen LogP contribution is 2.28. The molecule has 1 saturated carbocycles. The molecule has 3 N–H and O–H groups in total. The molecule has 1 amide bonds. The van der Waals surface area contributed by atoms with Gasteiger partial charge in [0.25, 0.3) is 0 Å². The number of carbonyl (C=O) groups excluding carboxylic acids is 1. The molecule has 1 unspecified atom stereocenters. The third-order valence-corrected chi connectivity index (χ3v) is 3.65. The van der Waals surface area contributed by atoms with Gasteiger partial charge in [-0.1, -0.05) is 25.7 Å². The Morgan fingerprint density at radius 3 is 2.71 bits per heavy atom. The maximum atomic E-state index is 11.5. The first-order valence-corrected chi connectivity index (χ1v) is 7.20. The van der Waals surface area contributed by atoms with Gasteiger partial charge in [-0.25, -0.2) is 0 Å². The second-order valence-corrected chi connectivity index (χ2v) is 5.51. The molecule has 0 aromatic carbocycles. The van der Waals surface area contributed by atoms with Crippen LogP contribution in [0.1, 0.15) is 64.7 Å². The number of nitrogens with one attached hydrogen (secondary N) is 1. The molecule has 3 nitrogen and oxygen atoms in total. The standard InChI is InChI=1S/C14H28N2O/c1-12(15)6-4-10-14(17)16-11-5-9-13-7-2-3-8-13/h12-13H,2-11,15H2,1H3,(H,16,17). The fourth-order valence-corrected chi connectivity index (χ4v) is 2.59. The molecule has 0 aliphatic heterocycles. The van der Waals surface area contributed by atoms with Crippen LogP contribution in [0.3, 0.4) is 0 Å². The van der Waals surface area contributed by atoms with Crippen molar-refractivity contribution in [1.82, 2.24) is 5.32 Å². The van der Waals surface area contributed by atoms with E-state index in [-0.39, 0.29) is 11.9 Å². The van der Waals surface area contributed by atoms with E-state index in [0.29, 0.717) is 6.42 Å². The van der Waals surface area contributed by atoms with Gasteiger partial charge in [0, 0.05) is 19.0 Å². The van der Waals surface area contributed by atoms with Crippen LogP contribution >= 0.6 is 0 Å². The molecule has 0 saturated heterocycles. The molecule has 0 bridgehead atoms. The number of nitrogens with two attached hydrogens (primary N) is 1. The van der Waals surface area contributed by atoms with Crippen LogP contribution in [0.15, 0.2) is 0 Å². The molecular formula is C14H28N2O. The summed E-state index contributed by atoms with van der Waals surface area (Å²) in [4.78, 5) is 11.5. The first kappa shape index (κ1) is 14.5. The number of carbonyl (C=O) groups is 1. The van der Waals surface area contributed by atoms with Gasteiger partial charge in [0.2, 0.25) is 5.91 Å². The summed E-state index contributed by atoms with van der Waals surface area (Å²) in [6.45, 7) is 2.84. The Morgan fingerprint density at radius 2 is 2.06 bits per heavy atom. The molecule has 0 spiro atoms. The van der Waals surface area contributed by atoms with Gasteiger partial charge >= 0.3 is 0 Å². The Bertz CT molecular complexity index is 210. The number of hydrogen-bond donors (Lipinski definition) is 2. The summed E-state index contributed by atoms with van der Waals surface area (Å²) in [5, 5.41) is 3.00. The third kappa shape index (κ3) is 7.37. The van der Waals surface area contributed by atoms with Gasteiger partial charge in [-0.2, -0.15) is 0 Å². The van der Waals surface area contributed by atoms with Crippen molar-refractivity contribution < 1.29 is 4.79 Å². The minimum atomic E-state index is 0.192. The Balaban J connectivity index is 1.89. The van der Waals surface area contributed by atoms with Crippen LogP contribution in [0.2, 0.25) is 0 Å². The van der Waals surface area contributed by atoms with Gasteiger partial charge in [-0.15, -0.1) is 0 Å². The minimum Gasteiger partial charge on any atom is -0.356 e. The van der Waals surface area contributed by atoms with Gasteiger partial charge < -0.3 is 11.1 Å². The van der Waals surface area contributed by atoms with Crippen molar-refractivity contribution in [2.75, 3.05) is 6.54 Å². The van der Waals surface area contributed by atoms with Crippen molar-refractivity contribution >= 4 is 5.91 Å². The van der Waals surface area contributed by atoms with Crippen molar-refractivity contribution in [3.63, 3.8) is 0 Å². The van der Waals surface area contributed by atoms with Gasteiger partial charge in [0.15, 0.2) is 0 Å². The molecule has 0 radical (unpaired) electrons. The topological polar surface area (TPSA) is 55.1 Å². The SMILES string of the molecule is CC(N)CCCC(=O)NCCCC1CCCC1. The average molecular weight is 240 g/mol. The quantitative estimate of drug-likeness (QED) is 0.641. The number of hydrogen-bond acceptors (Lipinski definition) is 2. The molecule has 0 aromatic rings. The van der Waals surface area contributed by atoms with Gasteiger partial charge in [-0.3, -0.25) is 4.79 Å². The van der Waals surface area contributed by atoms with Crippen LogP contribution in [0, 0.1) is 5.92 Å². The predicted molar refractivity (Wildman–Crippen MR) is 71.7 cm³/mol. The molecule has 0 aromatic heterocycles. The van der Waals surface area contributed by atoms with Crippen molar-refractivity contribution in [2.45, 2.75) is 70.8 Å². The summed E-state index contributed by atoms with van der Waals surface area (Å²) in [6.07, 6.45) is 10.5. The fourth-order valence-electron chi connectivity index (χ4n) is 2.59. The highest BCUT2D eigenvalue weighted by Gasteiger charge is 2.14. The second-order valence-electron chi connectivity index (χ2n) is 5.51. The van der Waals surface area contributed by atoms with Crippen LogP contribution < -0.4 is 11.1 Å². The average Bonchev–Trinajstić information content (AvgIpc) is 2.76. The van der Waals surface area contributed by atoms with E-state index in [1.54, 1.807) is 0 Å². The third-order valence-electron chi connectivity index (χ3n) is 3.65. The normalized spacial score (nSPS) is 18.2. The van der Waals surface area contributed by atoms with E-state index in [1.807, 2.05) is 6.92 Å². The van der Waals surface area contributed by atoms with Crippen molar-refractivity contribution in [3.8, 4) is 0 Å². The lowest BCUT2D eigenvalue weighted by molar-refractivity contribution is -0.121. The molecule has 0 heterocycles. The zero-order valence-electron chi connectivity index (χ0n) is 11.2. The molecule has 1 atom stereocenters. The Kier molecular flexibility index (Phi) is 7.25. The fraction of sp³-hybridized carbons (Fsp3) is 0.929. The van der Waals surface area contributed by atoms with Crippen molar-refractivity contribution in [3.05, 3.63) is 0 Å². The van der Waals surface area contributed by atoms with E-state index in [9.17, 15) is 4.79 Å². The van der Waals surface area contributed by atoms with Gasteiger partial charge in [0.05, 0.1) is 0 Å². The van der Waals surface area contributed by atoms with Crippen molar-refractivity contribution in [1.29, 1.82) is 0 Å². The van der Waals surface area contributed by atoms with Crippen LogP contribution in [-0.4, -0.2) is 18.5 Å². The lowest BCUT2D eigenvalue weighted by atomic mass is 10.0. The van der Waals surface area contributed by atoms with E-state index >= 15 is 0 Å². The monoisotopic (exact) mass is 240 g/mol. The van der Waals surface area contributed by atoms with E-state index in [0.717, 1.165) is 31.7 Å². The smallest absolute Gasteiger partial charge is 0.219 e. The molecule has 1 aliphatic rings. The maximum Gasteiger partial charge on any atom is 0.219 e. The predicted octanol–water partition coefficient (Wildman–Crippen LogP) is 2.59. The summed E-state index contributed by atoms with van der Waals surface area (Å²) in [5.74, 6) is 1.13. The Hall–Kier alpha value is -0.570. The highest BCUT2D eigenvalue weighted by molar-refractivity contribution is 5.75. The Morgan fingerprint density at radius 1 is 1.35 bits per heavy atom. The molecular weight excluding hydrogens is 212 g/mol. The molecule has 17 heavy (non-hydrogen) atoms. The van der Waals surface area contributed by atoms with E-state index in [1.165, 1.54) is 32.1 Å². The summed E-state index contributed by atoms with van der Waals surface area (Å²) in [6, 6.07) is 0.213. The van der Waals surface area contributed by atoms with E-state index in [4.69, 9.17) is 5.73 Å². The lowest BCUT2D eigenvalue weighted by Gasteiger charge is -2.09. The number of amides is 1. The highest BCUT2D eigenvalue weighted by atomic mass is 16.1. The Labute approximate surface area is 106 Å². The maximum absolute atomic E-state index is 11.5. The summed E-state index contributed by atoms with van der Waals surface area (Å²) in [7, 11) is 0. The molecule has 3 heteroatoms. The zero-order chi connectivity index (χ0) is 12.5. The molecule has 100 valence electrons. The first-order chi connectivity index (χ1) is 8.18. The molecule has 1 rings (SSSR count). The number of rotatable bonds is 8. The van der Waals surface area contributed by atoms with Gasteiger partial charge in [-0.05, 0) is 38.5 Å². The van der Waals surface area contributed by atoms with E-state index in [2.05, 4.69) is 5.32 Å². The van der Waals surface area contributed by atoms with Gasteiger partial charge in [0.1, 0.15) is 0 Å². The summed E-state index contributed by atoms with van der Waals surface area (Å²) < 4.78 is 0. The second kappa shape index (κ2) is 8.51. The first-order valence-electron chi connectivity index (χ1n) is 7.20. The largest absolute Gasteiger partial charge is 0.356 e. The van der Waals surface area contributed by atoms with Crippen molar-refractivity contribution in [2.24, 2.45) is 11.7 Å².